The molecule has 0 atom stereocenters. The lowest BCUT2D eigenvalue weighted by Gasteiger charge is -1.65. The predicted molar refractivity (Wildman–Crippen MR) is 33.6 cm³/mol. The molecule has 0 bridgehead atoms. The van der Waals surface area contributed by atoms with Gasteiger partial charge >= 0.3 is 21.7 Å². The van der Waals surface area contributed by atoms with Crippen molar-refractivity contribution >= 4 is 21.7 Å². The summed E-state index contributed by atoms with van der Waals surface area (Å²) in [5, 5.41) is 7.00. The summed E-state index contributed by atoms with van der Waals surface area (Å²) in [5.74, 6) is 0. The van der Waals surface area contributed by atoms with E-state index in [2.05, 4.69) is 6.92 Å². The number of hydrogen-bond acceptors (Lipinski definition) is 1. The molecule has 0 fully saturated rings. The molecule has 0 aliphatic rings. The molecular weight excluding hydrogens is 100 g/mol. The minimum absolute atomic E-state index is 1.00. The van der Waals surface area contributed by atoms with E-state index in [0.29, 0.717) is 0 Å². The van der Waals surface area contributed by atoms with Crippen molar-refractivity contribution in [2.45, 2.75) is 24.3 Å². The second-order valence-corrected chi connectivity index (χ2v) is 1.91. The average Bonchev–Trinajstić information content (AvgIpc) is 1.75. The van der Waals surface area contributed by atoms with Crippen LogP contribution in [-0.4, -0.2) is 33.9 Å². The van der Waals surface area contributed by atoms with E-state index in [0.717, 1.165) is 7.11 Å². The minimum Gasteiger partial charge on any atom is -0.400 e. The van der Waals surface area contributed by atoms with Gasteiger partial charge < -0.3 is 5.11 Å². The quantitative estimate of drug-likeness (QED) is 0.530. The third kappa shape index (κ3) is 20.2. The van der Waals surface area contributed by atoms with Gasteiger partial charge in [-0.1, -0.05) is 6.92 Å². The maximum absolute atomic E-state index is 7.00. The molecule has 39 valence electrons. The zero-order valence-electron chi connectivity index (χ0n) is 5.28. The summed E-state index contributed by atoms with van der Waals surface area (Å²) in [6.45, 7) is 2.22. The topological polar surface area (TPSA) is 20.2 Å². The number of unbranched alkanes of at least 4 members (excludes halogenated alkanes) is 1. The van der Waals surface area contributed by atoms with Crippen LogP contribution in [0.25, 0.3) is 0 Å². The molecule has 7 heavy (non-hydrogen) atoms. The normalized spacial score (nSPS) is 6.86. The van der Waals surface area contributed by atoms with Crippen LogP contribution in [0.5, 0.6) is 0 Å². The molecule has 0 unspecified atom stereocenters. The van der Waals surface area contributed by atoms with Gasteiger partial charge in [0.15, 0.2) is 0 Å². The summed E-state index contributed by atoms with van der Waals surface area (Å²) in [5.41, 5.74) is 0. The smallest absolute Gasteiger partial charge is 0.400 e. The molecule has 0 aromatic heterocycles. The summed E-state index contributed by atoms with van der Waals surface area (Å²) >= 11 is 2.05. The summed E-state index contributed by atoms with van der Waals surface area (Å²) in [7, 11) is 1.00. The maximum Gasteiger partial charge on any atom is 1.41 e. The molecule has 0 aliphatic carbocycles. The maximum atomic E-state index is 7.00. The van der Waals surface area contributed by atoms with Gasteiger partial charge in [-0.2, -0.15) is 0 Å². The fourth-order valence-electron chi connectivity index (χ4n) is 0.250. The van der Waals surface area contributed by atoms with Crippen LogP contribution < -0.4 is 0 Å². The van der Waals surface area contributed by atoms with Gasteiger partial charge in [0.25, 0.3) is 4.55 Å². The van der Waals surface area contributed by atoms with Gasteiger partial charge in [-0.15, -0.1) is 0 Å². The Kier molecular flexibility index (Phi) is 24.2. The van der Waals surface area contributed by atoms with E-state index in [1.807, 2.05) is 21.7 Å². The van der Waals surface area contributed by atoms with Crippen molar-refractivity contribution in [1.82, 2.24) is 0 Å². The Labute approximate surface area is 58.6 Å². The molecule has 1 nitrogen and oxygen atoms in total. The number of hydrogen-bond donors (Lipinski definition) is 1. The summed E-state index contributed by atoms with van der Waals surface area (Å²) < 4.78 is 1.37. The molecule has 1 N–H and O–H groups in total. The molecule has 0 amide bonds. The van der Waals surface area contributed by atoms with Crippen LogP contribution >= 0.6 is 0 Å². The molecule has 0 heterocycles. The number of aliphatic hydroxyl groups is 1. The molecular formula is C5H13MgO+2. The average molecular weight is 113 g/mol. The van der Waals surface area contributed by atoms with Gasteiger partial charge in [0, 0.05) is 13.5 Å². The van der Waals surface area contributed by atoms with Crippen LogP contribution in [-0.2, 0) is 0 Å². The van der Waals surface area contributed by atoms with Crippen LogP contribution in [0.3, 0.4) is 0 Å². The van der Waals surface area contributed by atoms with Gasteiger partial charge in [-0.3, -0.25) is 0 Å². The second kappa shape index (κ2) is 15.9. The van der Waals surface area contributed by atoms with E-state index in [-0.39, 0.29) is 0 Å². The van der Waals surface area contributed by atoms with Crippen LogP contribution in [0.15, 0.2) is 0 Å². The van der Waals surface area contributed by atoms with Gasteiger partial charge in [-0.25, -0.2) is 0 Å². The van der Waals surface area contributed by atoms with Crippen LogP contribution in [0.2, 0.25) is 4.55 Å². The lowest BCUT2D eigenvalue weighted by molar-refractivity contribution is 0.399. The zero-order valence-corrected chi connectivity index (χ0v) is 6.69. The van der Waals surface area contributed by atoms with Crippen molar-refractivity contribution in [2.24, 2.45) is 0 Å². The van der Waals surface area contributed by atoms with Crippen molar-refractivity contribution in [3.05, 3.63) is 0 Å². The molecule has 0 saturated carbocycles. The van der Waals surface area contributed by atoms with Gasteiger partial charge in [0.05, 0.1) is 0 Å². The Morgan fingerprint density at radius 2 is 1.86 bits per heavy atom. The van der Waals surface area contributed by atoms with E-state index in [1.54, 1.807) is 0 Å². The standard InChI is InChI=1S/C4H9.CH4O.Mg/c1-3-4-2;1-2;/h1,3-4H2,2H3;2H,1H3;/q;;+2. The van der Waals surface area contributed by atoms with Crippen LogP contribution in [0, 0.1) is 0 Å². The largest absolute Gasteiger partial charge is 1.41 e. The van der Waals surface area contributed by atoms with Crippen molar-refractivity contribution in [2.75, 3.05) is 7.11 Å². The lowest BCUT2D eigenvalue weighted by Crippen LogP contribution is -1.63. The van der Waals surface area contributed by atoms with E-state index in [9.17, 15) is 0 Å². The molecule has 0 spiro atoms. The zero-order chi connectivity index (χ0) is 6.12. The lowest BCUT2D eigenvalue weighted by atomic mass is 10.4. The first-order valence-corrected chi connectivity index (χ1v) is 3.65. The fourth-order valence-corrected chi connectivity index (χ4v) is 0.750. The highest BCUT2D eigenvalue weighted by molar-refractivity contribution is 6.08. The highest BCUT2D eigenvalue weighted by atomic mass is 24.4. The van der Waals surface area contributed by atoms with Crippen molar-refractivity contribution < 1.29 is 5.11 Å². The Morgan fingerprint density at radius 1 is 1.43 bits per heavy atom. The first-order valence-electron chi connectivity index (χ1n) is 2.65. The van der Waals surface area contributed by atoms with Gasteiger partial charge in [-0.05, 0) is 6.42 Å². The number of rotatable bonds is 2. The second-order valence-electron chi connectivity index (χ2n) is 1.21. The van der Waals surface area contributed by atoms with E-state index in [4.69, 9.17) is 5.11 Å². The molecule has 0 aromatic rings. The van der Waals surface area contributed by atoms with Crippen molar-refractivity contribution in [3.8, 4) is 0 Å². The van der Waals surface area contributed by atoms with E-state index < -0.39 is 0 Å². The predicted octanol–water partition coefficient (Wildman–Crippen LogP) is 0.982. The minimum atomic E-state index is 1.00. The van der Waals surface area contributed by atoms with E-state index in [1.165, 1.54) is 17.4 Å². The Hall–Kier alpha value is 0.726. The van der Waals surface area contributed by atoms with Gasteiger partial charge in [0.1, 0.15) is 0 Å². The number of aliphatic hydroxyl groups excluding tert-OH is 1. The fraction of sp³-hybridized carbons (Fsp3) is 1.00. The SMILES string of the molecule is CCC[CH2][Mg+2].CO. The summed E-state index contributed by atoms with van der Waals surface area (Å²) in [4.78, 5) is 0. The third-order valence-electron chi connectivity index (χ3n) is 0.604. The highest BCUT2D eigenvalue weighted by Gasteiger charge is 2.19. The highest BCUT2D eigenvalue weighted by Crippen LogP contribution is 1.86. The first-order chi connectivity index (χ1) is 3.41. The van der Waals surface area contributed by atoms with Crippen molar-refractivity contribution in [3.63, 3.8) is 0 Å². The molecule has 0 rings (SSSR count). The third-order valence-corrected chi connectivity index (χ3v) is 1.10. The van der Waals surface area contributed by atoms with Crippen LogP contribution in [0.4, 0.5) is 0 Å². The van der Waals surface area contributed by atoms with E-state index >= 15 is 0 Å². The van der Waals surface area contributed by atoms with Crippen LogP contribution in [0.1, 0.15) is 19.8 Å². The Bertz CT molecular complexity index is 15.6. The molecule has 0 aliphatic heterocycles. The molecule has 0 aromatic carbocycles. The molecule has 7 radical (unpaired) electrons. The molecule has 2 heteroatoms. The Balaban J connectivity index is 0. The van der Waals surface area contributed by atoms with Crippen molar-refractivity contribution in [1.29, 1.82) is 0 Å². The summed E-state index contributed by atoms with van der Waals surface area (Å²) in [6.07, 6.45) is 2.75. The monoisotopic (exact) mass is 113 g/mol. The first kappa shape index (κ1) is 10.7. The van der Waals surface area contributed by atoms with Gasteiger partial charge in [0.2, 0.25) is 0 Å². The summed E-state index contributed by atoms with van der Waals surface area (Å²) in [6, 6.07) is 0. The molecule has 0 saturated heterocycles. The Morgan fingerprint density at radius 3 is 1.86 bits per heavy atom.